The summed E-state index contributed by atoms with van der Waals surface area (Å²) in [5.41, 5.74) is 1.33. The van der Waals surface area contributed by atoms with Gasteiger partial charge in [-0.3, -0.25) is 4.79 Å². The molecule has 30 heavy (non-hydrogen) atoms. The summed E-state index contributed by atoms with van der Waals surface area (Å²) in [5, 5.41) is 2.69. The first-order chi connectivity index (χ1) is 14.5. The summed E-state index contributed by atoms with van der Waals surface area (Å²) in [4.78, 5) is 12.6. The third-order valence-electron chi connectivity index (χ3n) is 4.07. The number of ether oxygens (including phenoxy) is 3. The van der Waals surface area contributed by atoms with E-state index in [1.807, 2.05) is 12.1 Å². The largest absolute Gasteiger partial charge is 0.493 e. The molecule has 7 heteroatoms. The fourth-order valence-electron chi connectivity index (χ4n) is 2.66. The van der Waals surface area contributed by atoms with Gasteiger partial charge in [-0.2, -0.15) is 0 Å². The predicted molar refractivity (Wildman–Crippen MR) is 113 cm³/mol. The van der Waals surface area contributed by atoms with E-state index in [9.17, 15) is 9.18 Å². The third kappa shape index (κ3) is 6.42. The minimum absolute atomic E-state index is 0.0800. The molecule has 0 spiro atoms. The molecular weight excluding hydrogens is 409 g/mol. The van der Waals surface area contributed by atoms with Crippen LogP contribution in [0.2, 0.25) is 5.02 Å². The Morgan fingerprint density at radius 3 is 2.60 bits per heavy atom. The van der Waals surface area contributed by atoms with E-state index in [0.717, 1.165) is 5.56 Å². The first kappa shape index (κ1) is 23.1. The molecule has 2 aromatic rings. The molecule has 0 aliphatic rings. The summed E-state index contributed by atoms with van der Waals surface area (Å²) >= 11 is 5.82. The number of benzene rings is 2. The molecule has 0 bridgehead atoms. The number of hydrogen-bond acceptors (Lipinski definition) is 4. The van der Waals surface area contributed by atoms with Crippen molar-refractivity contribution < 1.29 is 23.4 Å². The van der Waals surface area contributed by atoms with Crippen LogP contribution in [0.25, 0.3) is 0 Å². The van der Waals surface area contributed by atoms with E-state index in [0.29, 0.717) is 30.0 Å². The van der Waals surface area contributed by atoms with E-state index in [2.05, 4.69) is 17.2 Å². The fourth-order valence-corrected chi connectivity index (χ4v) is 2.85. The Balaban J connectivity index is 2.02. The number of carbonyl (C=O) groups excluding carboxylic acids is 1. The number of methoxy groups -OCH3 is 1. The Kier molecular flexibility index (Phi) is 9.03. The van der Waals surface area contributed by atoms with E-state index in [-0.39, 0.29) is 18.2 Å². The summed E-state index contributed by atoms with van der Waals surface area (Å²) in [7, 11) is 1.53. The summed E-state index contributed by atoms with van der Waals surface area (Å²) in [6.07, 6.45) is 9.96. The first-order valence-electron chi connectivity index (χ1n) is 9.01. The van der Waals surface area contributed by atoms with Gasteiger partial charge in [-0.25, -0.2) is 4.39 Å². The zero-order chi connectivity index (χ0) is 21.9. The van der Waals surface area contributed by atoms with E-state index < -0.39 is 17.8 Å². The zero-order valence-corrected chi connectivity index (χ0v) is 17.2. The van der Waals surface area contributed by atoms with Crippen LogP contribution in [-0.4, -0.2) is 32.8 Å². The Labute approximate surface area is 180 Å². The average Bonchev–Trinajstić information content (AvgIpc) is 2.75. The number of amides is 1. The molecule has 1 unspecified atom stereocenters. The normalized spacial score (nSPS) is 11.1. The summed E-state index contributed by atoms with van der Waals surface area (Å²) < 4.78 is 29.6. The van der Waals surface area contributed by atoms with Gasteiger partial charge >= 0.3 is 0 Å². The molecule has 0 aliphatic heterocycles. The van der Waals surface area contributed by atoms with Crippen molar-refractivity contribution in [2.24, 2.45) is 0 Å². The number of carbonyl (C=O) groups is 1. The summed E-state index contributed by atoms with van der Waals surface area (Å²) in [6.45, 7) is 0.388. The highest BCUT2D eigenvalue weighted by Crippen LogP contribution is 2.28. The van der Waals surface area contributed by atoms with Gasteiger partial charge < -0.3 is 19.5 Å². The molecule has 0 fully saturated rings. The highest BCUT2D eigenvalue weighted by molar-refractivity contribution is 6.30. The SMILES string of the molecule is C#CCOc1ccc(CCNC(=O)C(OCC#C)c2ccc(F)c(Cl)c2)cc1OC. The molecule has 0 aromatic heterocycles. The van der Waals surface area contributed by atoms with E-state index in [4.69, 9.17) is 38.7 Å². The van der Waals surface area contributed by atoms with Gasteiger partial charge in [-0.05, 0) is 41.8 Å². The molecule has 2 rings (SSSR count). The fraction of sp³-hybridized carbons (Fsp3) is 0.261. The minimum atomic E-state index is -1.01. The lowest BCUT2D eigenvalue weighted by molar-refractivity contribution is -0.132. The molecule has 1 N–H and O–H groups in total. The molecule has 156 valence electrons. The van der Waals surface area contributed by atoms with Crippen LogP contribution in [0.3, 0.4) is 0 Å². The summed E-state index contributed by atoms with van der Waals surface area (Å²) in [6, 6.07) is 9.37. The highest BCUT2D eigenvalue weighted by atomic mass is 35.5. The van der Waals surface area contributed by atoms with Crippen molar-refractivity contribution in [3.8, 4) is 36.2 Å². The minimum Gasteiger partial charge on any atom is -0.493 e. The van der Waals surface area contributed by atoms with Crippen molar-refractivity contribution in [3.63, 3.8) is 0 Å². The van der Waals surface area contributed by atoms with Gasteiger partial charge in [0.05, 0.1) is 12.1 Å². The van der Waals surface area contributed by atoms with Crippen LogP contribution < -0.4 is 14.8 Å². The summed E-state index contributed by atoms with van der Waals surface area (Å²) in [5.74, 6) is 4.81. The van der Waals surface area contributed by atoms with Gasteiger partial charge in [0.1, 0.15) is 19.0 Å². The van der Waals surface area contributed by atoms with Gasteiger partial charge in [-0.15, -0.1) is 12.8 Å². The highest BCUT2D eigenvalue weighted by Gasteiger charge is 2.22. The van der Waals surface area contributed by atoms with Crippen molar-refractivity contribution in [1.29, 1.82) is 0 Å². The lowest BCUT2D eigenvalue weighted by Crippen LogP contribution is -2.32. The Bertz CT molecular complexity index is 965. The van der Waals surface area contributed by atoms with E-state index in [1.165, 1.54) is 25.3 Å². The Morgan fingerprint density at radius 1 is 1.17 bits per heavy atom. The second kappa shape index (κ2) is 11.7. The smallest absolute Gasteiger partial charge is 0.253 e. The maximum Gasteiger partial charge on any atom is 0.253 e. The number of nitrogens with one attached hydrogen (secondary N) is 1. The monoisotopic (exact) mass is 429 g/mol. The zero-order valence-electron chi connectivity index (χ0n) is 16.4. The predicted octanol–water partition coefficient (Wildman–Crippen LogP) is 3.55. The lowest BCUT2D eigenvalue weighted by Gasteiger charge is -2.17. The van der Waals surface area contributed by atoms with Crippen LogP contribution in [0.15, 0.2) is 36.4 Å². The molecule has 1 amide bonds. The van der Waals surface area contributed by atoms with Crippen LogP contribution in [0.4, 0.5) is 4.39 Å². The topological polar surface area (TPSA) is 56.8 Å². The average molecular weight is 430 g/mol. The quantitative estimate of drug-likeness (QED) is 0.587. The van der Waals surface area contributed by atoms with E-state index in [1.54, 1.807) is 6.07 Å². The molecule has 0 saturated carbocycles. The van der Waals surface area contributed by atoms with E-state index >= 15 is 0 Å². The van der Waals surface area contributed by atoms with Gasteiger partial charge in [0.15, 0.2) is 17.6 Å². The maximum atomic E-state index is 13.4. The molecule has 0 heterocycles. The lowest BCUT2D eigenvalue weighted by atomic mass is 10.1. The molecule has 0 aliphatic carbocycles. The first-order valence-corrected chi connectivity index (χ1v) is 9.38. The number of hydrogen-bond donors (Lipinski definition) is 1. The van der Waals surface area contributed by atoms with Crippen LogP contribution in [0.5, 0.6) is 11.5 Å². The van der Waals surface area contributed by atoms with Crippen molar-refractivity contribution in [2.45, 2.75) is 12.5 Å². The number of terminal acetylenes is 2. The van der Waals surface area contributed by atoms with Gasteiger partial charge in [-0.1, -0.05) is 35.6 Å². The van der Waals surface area contributed by atoms with Crippen molar-refractivity contribution in [2.75, 3.05) is 26.9 Å². The molecule has 5 nitrogen and oxygen atoms in total. The van der Waals surface area contributed by atoms with Crippen molar-refractivity contribution in [1.82, 2.24) is 5.32 Å². The van der Waals surface area contributed by atoms with Crippen LogP contribution in [0.1, 0.15) is 17.2 Å². The van der Waals surface area contributed by atoms with Gasteiger partial charge in [0.25, 0.3) is 5.91 Å². The number of rotatable bonds is 10. The molecule has 0 radical (unpaired) electrons. The van der Waals surface area contributed by atoms with Gasteiger partial charge in [0.2, 0.25) is 0 Å². The van der Waals surface area contributed by atoms with Crippen LogP contribution in [0, 0.1) is 30.5 Å². The van der Waals surface area contributed by atoms with Gasteiger partial charge in [0, 0.05) is 6.54 Å². The second-order valence-electron chi connectivity index (χ2n) is 6.09. The number of halogens is 2. The molecule has 2 aromatic carbocycles. The Morgan fingerprint density at radius 2 is 1.93 bits per heavy atom. The maximum absolute atomic E-state index is 13.4. The molecule has 0 saturated heterocycles. The standard InChI is InChI=1S/C23H21ClFNO4/c1-4-12-29-20-9-6-16(14-21(20)28-3)10-11-26-23(27)22(30-13-5-2)17-7-8-19(25)18(24)15-17/h1-2,6-9,14-15,22H,10-13H2,3H3,(H,26,27). The molecular formula is C23H21ClFNO4. The van der Waals surface area contributed by atoms with Crippen LogP contribution >= 0.6 is 11.6 Å². The third-order valence-corrected chi connectivity index (χ3v) is 4.36. The Hall–Kier alpha value is -3.19. The van der Waals surface area contributed by atoms with Crippen molar-refractivity contribution in [3.05, 3.63) is 58.4 Å². The second-order valence-corrected chi connectivity index (χ2v) is 6.49. The van der Waals surface area contributed by atoms with Crippen molar-refractivity contribution >= 4 is 17.5 Å². The van der Waals surface area contributed by atoms with Crippen LogP contribution in [-0.2, 0) is 16.0 Å². The molecule has 1 atom stereocenters.